The van der Waals surface area contributed by atoms with Gasteiger partial charge in [0.05, 0.1) is 61.1 Å². The van der Waals surface area contributed by atoms with Gasteiger partial charge in [-0.15, -0.1) is 0 Å². The average molecular weight is 792 g/mol. The van der Waals surface area contributed by atoms with Crippen LogP contribution in [0, 0.1) is 11.8 Å². The Morgan fingerprint density at radius 1 is 0.741 bits per heavy atom. The van der Waals surface area contributed by atoms with E-state index < -0.39 is 24.3 Å². The summed E-state index contributed by atoms with van der Waals surface area (Å²) in [6, 6.07) is 12.6. The van der Waals surface area contributed by atoms with Gasteiger partial charge in [-0.3, -0.25) is 14.6 Å². The van der Waals surface area contributed by atoms with Crippen molar-refractivity contribution in [2.45, 2.75) is 90.4 Å². The maximum absolute atomic E-state index is 13.8. The van der Waals surface area contributed by atoms with Crippen molar-refractivity contribution in [3.8, 4) is 22.5 Å². The first-order chi connectivity index (χ1) is 28.0. The van der Waals surface area contributed by atoms with Crippen molar-refractivity contribution in [3.05, 3.63) is 66.5 Å². The topological polar surface area (TPSA) is 188 Å². The first-order valence-corrected chi connectivity index (χ1v) is 20.3. The average Bonchev–Trinajstić information content (AvgIpc) is 4.09. The molecule has 6 atom stereocenters. The van der Waals surface area contributed by atoms with Crippen LogP contribution in [0.1, 0.15) is 90.0 Å². The number of likely N-dealkylation sites (tertiary alicyclic amines) is 2. The number of carbonyl (C=O) groups is 4. The van der Waals surface area contributed by atoms with Crippen molar-refractivity contribution in [2.24, 2.45) is 11.8 Å². The van der Waals surface area contributed by atoms with E-state index in [2.05, 4.69) is 50.9 Å². The van der Waals surface area contributed by atoms with Crippen LogP contribution in [-0.4, -0.2) is 98.1 Å². The number of nitrogens with zero attached hydrogens (tertiary/aromatic N) is 5. The molecule has 15 heteroatoms. The molecule has 2 aliphatic heterocycles. The van der Waals surface area contributed by atoms with Crippen molar-refractivity contribution >= 4 is 45.8 Å². The number of alkyl carbamates (subject to hydrolysis) is 2. The van der Waals surface area contributed by atoms with Gasteiger partial charge in [-0.1, -0.05) is 64.8 Å². The van der Waals surface area contributed by atoms with Crippen LogP contribution >= 0.6 is 0 Å². The first-order valence-electron chi connectivity index (χ1n) is 20.3. The number of ether oxygens (including phenoxy) is 2. The number of carbonyl (C=O) groups excluding carboxylic acids is 4. The number of rotatable bonds is 12. The zero-order valence-electron chi connectivity index (χ0n) is 34.0. The van der Waals surface area contributed by atoms with Gasteiger partial charge in [0.15, 0.2) is 0 Å². The van der Waals surface area contributed by atoms with Crippen LogP contribution in [0.4, 0.5) is 9.59 Å². The Kier molecular flexibility index (Phi) is 12.0. The molecule has 2 aromatic carbocycles. The van der Waals surface area contributed by atoms with Crippen molar-refractivity contribution < 1.29 is 28.7 Å². The fraction of sp³-hybridized carbons (Fsp3) is 0.465. The Hall–Kier alpha value is -5.99. The second-order valence-corrected chi connectivity index (χ2v) is 15.5. The minimum atomic E-state index is -0.691. The standard InChI is InChI=1S/C43H53N9O6/c1-7-24(3)36(49-42(55)57-5)40(53)51-17-9-11-34(51)38-45-22-32(47-38)29-16-14-26-19-28(15-13-27(26)20-29)30-21-31-33(23-44-30)48-39(46-31)35-12-10-18-52(35)41(54)37(25(4)8-2)50-43(56)58-6/h13-16,19-25,34-37H,7-12,17-18H2,1-6H3,(H,45,47)(H,46,48)(H,49,55)(H,50,56)/t24-,25-,34+,35+,36?,37?/m1/s1. The van der Waals surface area contributed by atoms with Crippen LogP contribution in [0.2, 0.25) is 0 Å². The molecule has 306 valence electrons. The summed E-state index contributed by atoms with van der Waals surface area (Å²) in [6.07, 6.45) is 7.02. The molecule has 0 spiro atoms. The minimum Gasteiger partial charge on any atom is -0.453 e. The Morgan fingerprint density at radius 3 is 1.86 bits per heavy atom. The molecule has 4 amide bonds. The van der Waals surface area contributed by atoms with Gasteiger partial charge < -0.3 is 39.9 Å². The maximum Gasteiger partial charge on any atom is 0.407 e. The monoisotopic (exact) mass is 791 g/mol. The lowest BCUT2D eigenvalue weighted by molar-refractivity contribution is -0.136. The molecule has 2 aliphatic rings. The van der Waals surface area contributed by atoms with Crippen molar-refractivity contribution in [1.82, 2.24) is 45.4 Å². The first kappa shape index (κ1) is 40.2. The number of H-pyrrole nitrogens is 2. The van der Waals surface area contributed by atoms with E-state index in [1.54, 1.807) is 6.20 Å². The molecule has 2 fully saturated rings. The molecule has 15 nitrogen and oxygen atoms in total. The molecule has 0 saturated carbocycles. The van der Waals surface area contributed by atoms with Gasteiger partial charge >= 0.3 is 12.2 Å². The number of hydrogen-bond acceptors (Lipinski definition) is 9. The summed E-state index contributed by atoms with van der Waals surface area (Å²) in [5, 5.41) is 7.59. The number of hydrogen-bond donors (Lipinski definition) is 4. The summed E-state index contributed by atoms with van der Waals surface area (Å²) < 4.78 is 9.62. The van der Waals surface area contributed by atoms with E-state index in [1.807, 2.05) is 55.8 Å². The van der Waals surface area contributed by atoms with Crippen LogP contribution in [0.3, 0.4) is 0 Å². The molecule has 0 bridgehead atoms. The van der Waals surface area contributed by atoms with Crippen LogP contribution in [-0.2, 0) is 19.1 Å². The Bertz CT molecular complexity index is 2300. The molecule has 4 N–H and O–H groups in total. The van der Waals surface area contributed by atoms with Gasteiger partial charge in [0.25, 0.3) is 0 Å². The number of imidazole rings is 2. The SMILES string of the molecule is CC[C@@H](C)C(NC(=O)OC)C(=O)N1CCC[C@H]1c1ncc(-c2ccc3cc(-c4cc5nc([C@@H]6CCCN6C(=O)C(NC(=O)OC)[C@H](C)CC)[nH]c5cn4)ccc3c2)[nH]1. The predicted octanol–water partition coefficient (Wildman–Crippen LogP) is 7.04. The molecule has 2 unspecified atom stereocenters. The van der Waals surface area contributed by atoms with Crippen molar-refractivity contribution in [2.75, 3.05) is 27.3 Å². The van der Waals surface area contributed by atoms with Crippen LogP contribution < -0.4 is 10.6 Å². The van der Waals surface area contributed by atoms with E-state index in [4.69, 9.17) is 24.4 Å². The number of benzene rings is 2. The lowest BCUT2D eigenvalue weighted by atomic mass is 9.97. The lowest BCUT2D eigenvalue weighted by Crippen LogP contribution is -2.51. The number of amides is 4. The predicted molar refractivity (Wildman–Crippen MR) is 219 cm³/mol. The minimum absolute atomic E-state index is 0.0609. The van der Waals surface area contributed by atoms with E-state index in [1.165, 1.54) is 14.2 Å². The van der Waals surface area contributed by atoms with Crippen LogP contribution in [0.15, 0.2) is 54.9 Å². The van der Waals surface area contributed by atoms with E-state index in [0.717, 1.165) is 88.7 Å². The molecule has 7 rings (SSSR count). The third kappa shape index (κ3) is 8.07. The van der Waals surface area contributed by atoms with Crippen LogP contribution in [0.5, 0.6) is 0 Å². The van der Waals surface area contributed by atoms with Gasteiger partial charge in [-0.05, 0) is 66.5 Å². The number of methoxy groups -OCH3 is 2. The van der Waals surface area contributed by atoms with E-state index in [0.29, 0.717) is 18.9 Å². The zero-order valence-corrected chi connectivity index (χ0v) is 34.0. The lowest BCUT2D eigenvalue weighted by Gasteiger charge is -2.30. The second-order valence-electron chi connectivity index (χ2n) is 15.5. The number of nitrogens with one attached hydrogen (secondary N) is 4. The smallest absolute Gasteiger partial charge is 0.407 e. The molecular weight excluding hydrogens is 739 g/mol. The third-order valence-corrected chi connectivity index (χ3v) is 12.0. The summed E-state index contributed by atoms with van der Waals surface area (Å²) in [4.78, 5) is 76.7. The molecular formula is C43H53N9O6. The van der Waals surface area contributed by atoms with Gasteiger partial charge in [-0.2, -0.15) is 0 Å². The molecule has 0 aliphatic carbocycles. The van der Waals surface area contributed by atoms with E-state index in [-0.39, 0.29) is 35.7 Å². The Balaban J connectivity index is 1.07. The summed E-state index contributed by atoms with van der Waals surface area (Å²) in [5.41, 5.74) is 5.09. The highest BCUT2D eigenvalue weighted by molar-refractivity contribution is 5.91. The van der Waals surface area contributed by atoms with E-state index >= 15 is 0 Å². The van der Waals surface area contributed by atoms with Gasteiger partial charge in [0, 0.05) is 24.2 Å². The highest BCUT2D eigenvalue weighted by Crippen LogP contribution is 2.36. The van der Waals surface area contributed by atoms with E-state index in [9.17, 15) is 19.2 Å². The number of pyridine rings is 1. The molecule has 5 heterocycles. The Labute approximate surface area is 337 Å². The van der Waals surface area contributed by atoms with Crippen LogP contribution in [0.25, 0.3) is 44.3 Å². The zero-order chi connectivity index (χ0) is 41.1. The highest BCUT2D eigenvalue weighted by Gasteiger charge is 2.39. The summed E-state index contributed by atoms with van der Waals surface area (Å²) in [5.74, 6) is 1.03. The maximum atomic E-state index is 13.8. The van der Waals surface area contributed by atoms with Gasteiger partial charge in [-0.25, -0.2) is 19.6 Å². The van der Waals surface area contributed by atoms with Crippen molar-refractivity contribution in [1.29, 1.82) is 0 Å². The van der Waals surface area contributed by atoms with Gasteiger partial charge in [0.1, 0.15) is 23.7 Å². The fourth-order valence-electron chi connectivity index (χ4n) is 8.20. The number of aromatic amines is 2. The molecule has 5 aromatic rings. The molecule has 2 saturated heterocycles. The molecule has 0 radical (unpaired) electrons. The summed E-state index contributed by atoms with van der Waals surface area (Å²) in [6.45, 7) is 9.07. The van der Waals surface area contributed by atoms with Crippen molar-refractivity contribution in [3.63, 3.8) is 0 Å². The Morgan fingerprint density at radius 2 is 1.29 bits per heavy atom. The fourth-order valence-corrected chi connectivity index (χ4v) is 8.20. The number of aromatic nitrogens is 5. The quantitative estimate of drug-likeness (QED) is 0.103. The molecule has 3 aromatic heterocycles. The highest BCUT2D eigenvalue weighted by atomic mass is 16.5. The summed E-state index contributed by atoms with van der Waals surface area (Å²) in [7, 11) is 2.60. The largest absolute Gasteiger partial charge is 0.453 e. The third-order valence-electron chi connectivity index (χ3n) is 12.0. The summed E-state index contributed by atoms with van der Waals surface area (Å²) >= 11 is 0. The molecule has 58 heavy (non-hydrogen) atoms. The van der Waals surface area contributed by atoms with Gasteiger partial charge in [0.2, 0.25) is 11.8 Å². The normalized spacial score (nSPS) is 18.9. The second kappa shape index (κ2) is 17.2. The number of fused-ring (bicyclic) bond motifs is 2.